The van der Waals surface area contributed by atoms with Crippen molar-refractivity contribution in [2.75, 3.05) is 7.05 Å². The summed E-state index contributed by atoms with van der Waals surface area (Å²) < 4.78 is 0. The molecule has 2 heterocycles. The maximum absolute atomic E-state index is 4.63. The molecule has 1 aromatic carbocycles. The van der Waals surface area contributed by atoms with E-state index in [1.807, 2.05) is 11.9 Å². The van der Waals surface area contributed by atoms with E-state index in [1.165, 1.54) is 22.3 Å². The lowest BCUT2D eigenvalue weighted by Crippen LogP contribution is -2.02. The van der Waals surface area contributed by atoms with Crippen LogP contribution in [-0.4, -0.2) is 17.7 Å². The lowest BCUT2D eigenvalue weighted by atomic mass is 10.0. The number of fused-ring (bicyclic) bond motifs is 1. The molecule has 0 spiro atoms. The zero-order valence-corrected chi connectivity index (χ0v) is 14.8. The first-order valence-electron chi connectivity index (χ1n) is 6.80. The Labute approximate surface area is 143 Å². The molecule has 0 atom stereocenters. The second-order valence-corrected chi connectivity index (χ2v) is 5.26. The van der Waals surface area contributed by atoms with Gasteiger partial charge in [-0.25, -0.2) is 0 Å². The van der Waals surface area contributed by atoms with Crippen LogP contribution in [0.5, 0.6) is 0 Å². The zero-order chi connectivity index (χ0) is 14.1. The van der Waals surface area contributed by atoms with Gasteiger partial charge < -0.3 is 4.90 Å². The molecule has 3 heteroatoms. The maximum Gasteiger partial charge on any atom is 0.0712 e. The number of rotatable bonds is 1. The van der Waals surface area contributed by atoms with Gasteiger partial charge in [-0.05, 0) is 43.7 Å². The van der Waals surface area contributed by atoms with Gasteiger partial charge >= 0.3 is 0 Å². The highest BCUT2D eigenvalue weighted by Gasteiger charge is 2.16. The van der Waals surface area contributed by atoms with Gasteiger partial charge in [0.05, 0.1) is 5.69 Å². The number of benzene rings is 1. The van der Waals surface area contributed by atoms with E-state index in [9.17, 15) is 0 Å². The van der Waals surface area contributed by atoms with Crippen molar-refractivity contribution in [1.29, 1.82) is 0 Å². The monoisotopic (exact) mass is 390 g/mol. The molecule has 0 aliphatic carbocycles. The van der Waals surface area contributed by atoms with Crippen LogP contribution >= 0.6 is 24.0 Å². The molecule has 0 amide bonds. The molecular formula is C18H19IN2. The van der Waals surface area contributed by atoms with Gasteiger partial charge in [-0.15, -0.1) is 24.0 Å². The molecule has 2 nitrogen and oxygen atoms in total. The average Bonchev–Trinajstić information content (AvgIpc) is 2.73. The van der Waals surface area contributed by atoms with Gasteiger partial charge in [0.2, 0.25) is 0 Å². The molecule has 1 aromatic rings. The second kappa shape index (κ2) is 6.43. The minimum atomic E-state index is 0. The van der Waals surface area contributed by atoms with E-state index in [0.29, 0.717) is 0 Å². The molecule has 0 saturated heterocycles. The standard InChI is InChI=1S/C18H18N2.HI/c1-13-4-7-18-17(12-13)16(14(2)19-18)6-5-15-8-10-20(3)11-9-15;/h4-12H,1-3H3;1H. The molecule has 0 unspecified atom stereocenters. The third-order valence-electron chi connectivity index (χ3n) is 3.57. The Balaban J connectivity index is 0.00000161. The van der Waals surface area contributed by atoms with Crippen molar-refractivity contribution in [2.24, 2.45) is 4.99 Å². The highest BCUT2D eigenvalue weighted by Crippen LogP contribution is 2.35. The van der Waals surface area contributed by atoms with Crippen LogP contribution in [0.4, 0.5) is 5.69 Å². The third-order valence-corrected chi connectivity index (χ3v) is 3.57. The van der Waals surface area contributed by atoms with Gasteiger partial charge in [-0.1, -0.05) is 23.8 Å². The van der Waals surface area contributed by atoms with Gasteiger partial charge in [0.15, 0.2) is 0 Å². The Morgan fingerprint density at radius 3 is 2.48 bits per heavy atom. The summed E-state index contributed by atoms with van der Waals surface area (Å²) in [4.78, 5) is 6.66. The van der Waals surface area contributed by atoms with E-state index in [-0.39, 0.29) is 24.0 Å². The molecule has 0 bridgehead atoms. The number of hydrogen-bond acceptors (Lipinski definition) is 2. The summed E-state index contributed by atoms with van der Waals surface area (Å²) in [5.74, 6) is 0. The summed E-state index contributed by atoms with van der Waals surface area (Å²) in [7, 11) is 2.02. The quantitative estimate of drug-likeness (QED) is 0.616. The lowest BCUT2D eigenvalue weighted by Gasteiger charge is -2.11. The van der Waals surface area contributed by atoms with Crippen molar-refractivity contribution in [1.82, 2.24) is 4.90 Å². The van der Waals surface area contributed by atoms with Crippen LogP contribution < -0.4 is 0 Å². The molecule has 0 fully saturated rings. The summed E-state index contributed by atoms with van der Waals surface area (Å²) in [5.41, 5.74) is 7.09. The molecule has 0 radical (unpaired) electrons. The van der Waals surface area contributed by atoms with Gasteiger partial charge in [0.25, 0.3) is 0 Å². The number of aryl methyl sites for hydroxylation is 1. The smallest absolute Gasteiger partial charge is 0.0712 e. The van der Waals surface area contributed by atoms with E-state index in [0.717, 1.165) is 11.4 Å². The minimum absolute atomic E-state index is 0. The Morgan fingerprint density at radius 1 is 1.05 bits per heavy atom. The lowest BCUT2D eigenvalue weighted by molar-refractivity contribution is 0.620. The van der Waals surface area contributed by atoms with Crippen molar-refractivity contribution in [2.45, 2.75) is 13.8 Å². The molecule has 0 saturated carbocycles. The van der Waals surface area contributed by atoms with Crippen LogP contribution in [0.1, 0.15) is 18.1 Å². The SMILES string of the molecule is CC1=Nc2ccc(C)cc2C1=CC=C1C=CN(C)C=C1.I. The second-order valence-electron chi connectivity index (χ2n) is 5.26. The van der Waals surface area contributed by atoms with Crippen LogP contribution in [0.2, 0.25) is 0 Å². The van der Waals surface area contributed by atoms with Crippen LogP contribution in [0.3, 0.4) is 0 Å². The molecule has 3 rings (SSSR count). The summed E-state index contributed by atoms with van der Waals surface area (Å²) in [6, 6.07) is 6.41. The van der Waals surface area contributed by atoms with Crippen LogP contribution in [-0.2, 0) is 0 Å². The van der Waals surface area contributed by atoms with Crippen molar-refractivity contribution < 1.29 is 0 Å². The first kappa shape index (κ1) is 15.8. The third kappa shape index (κ3) is 3.35. The van der Waals surface area contributed by atoms with E-state index < -0.39 is 0 Å². The van der Waals surface area contributed by atoms with Crippen LogP contribution in [0.25, 0.3) is 5.57 Å². The molecule has 21 heavy (non-hydrogen) atoms. The van der Waals surface area contributed by atoms with Gasteiger partial charge in [-0.3, -0.25) is 4.99 Å². The highest BCUT2D eigenvalue weighted by atomic mass is 127. The number of nitrogens with zero attached hydrogens (tertiary/aromatic N) is 2. The molecular weight excluding hydrogens is 371 g/mol. The summed E-state index contributed by atoms with van der Waals surface area (Å²) in [6.45, 7) is 4.19. The highest BCUT2D eigenvalue weighted by molar-refractivity contribution is 14.0. The Hall–Kier alpha value is -1.62. The normalized spacial score (nSPS) is 17.7. The topological polar surface area (TPSA) is 15.6 Å². The van der Waals surface area contributed by atoms with Gasteiger partial charge in [-0.2, -0.15) is 0 Å². The minimum Gasteiger partial charge on any atom is -0.357 e. The number of hydrogen-bond donors (Lipinski definition) is 0. The Bertz CT molecular complexity index is 690. The number of aliphatic imine (C=N–C) groups is 1. The average molecular weight is 390 g/mol. The van der Waals surface area contributed by atoms with E-state index in [1.54, 1.807) is 0 Å². The number of allylic oxidation sites excluding steroid dienone is 6. The first-order valence-corrected chi connectivity index (χ1v) is 6.80. The fourth-order valence-corrected chi connectivity index (χ4v) is 2.41. The fraction of sp³-hybridized carbons (Fsp3) is 0.167. The van der Waals surface area contributed by atoms with Crippen molar-refractivity contribution >= 4 is 40.9 Å². The van der Waals surface area contributed by atoms with Crippen molar-refractivity contribution in [3.8, 4) is 0 Å². The molecule has 2 aliphatic heterocycles. The van der Waals surface area contributed by atoms with Crippen molar-refractivity contribution in [3.05, 3.63) is 71.6 Å². The van der Waals surface area contributed by atoms with E-state index in [4.69, 9.17) is 0 Å². The van der Waals surface area contributed by atoms with Crippen LogP contribution in [0, 0.1) is 6.92 Å². The fourth-order valence-electron chi connectivity index (χ4n) is 2.41. The maximum atomic E-state index is 4.63. The van der Waals surface area contributed by atoms with Crippen molar-refractivity contribution in [3.63, 3.8) is 0 Å². The number of halogens is 1. The van der Waals surface area contributed by atoms with E-state index >= 15 is 0 Å². The summed E-state index contributed by atoms with van der Waals surface area (Å²) in [6.07, 6.45) is 12.6. The van der Waals surface area contributed by atoms with Crippen LogP contribution in [0.15, 0.2) is 65.5 Å². The predicted octanol–water partition coefficient (Wildman–Crippen LogP) is 5.00. The summed E-state index contributed by atoms with van der Waals surface area (Å²) >= 11 is 0. The summed E-state index contributed by atoms with van der Waals surface area (Å²) in [5, 5.41) is 0. The molecule has 0 aromatic heterocycles. The molecule has 0 N–H and O–H groups in total. The van der Waals surface area contributed by atoms with Gasteiger partial charge in [0, 0.05) is 36.3 Å². The predicted molar refractivity (Wildman–Crippen MR) is 101 cm³/mol. The van der Waals surface area contributed by atoms with Gasteiger partial charge in [0.1, 0.15) is 0 Å². The van der Waals surface area contributed by atoms with E-state index in [2.05, 4.69) is 73.7 Å². The first-order chi connectivity index (χ1) is 9.63. The molecule has 2 aliphatic rings. The zero-order valence-electron chi connectivity index (χ0n) is 12.5. The largest absolute Gasteiger partial charge is 0.357 e. The molecule has 108 valence electrons. The Morgan fingerprint density at radius 2 is 1.76 bits per heavy atom. The Kier molecular flexibility index (Phi) is 4.83.